The van der Waals surface area contributed by atoms with Crippen LogP contribution in [0.4, 0.5) is 10.7 Å². The lowest BCUT2D eigenvalue weighted by Gasteiger charge is -2.35. The fourth-order valence-corrected chi connectivity index (χ4v) is 3.01. The molecule has 1 saturated heterocycles. The summed E-state index contributed by atoms with van der Waals surface area (Å²) in [5.41, 5.74) is 3.39. The highest BCUT2D eigenvalue weighted by atomic mass is 16.6. The quantitative estimate of drug-likeness (QED) is 0.891. The van der Waals surface area contributed by atoms with Crippen molar-refractivity contribution in [3.8, 4) is 0 Å². The number of hydrogen-bond acceptors (Lipinski definition) is 6. The molecule has 146 valence electrons. The number of rotatable bonds is 3. The molecule has 0 spiro atoms. The third-order valence-electron chi connectivity index (χ3n) is 4.23. The molecule has 8 nitrogen and oxygen atoms in total. The number of carbonyl (C=O) groups excluding carboxylic acids is 1. The maximum atomic E-state index is 12.2. The Morgan fingerprint density at radius 2 is 1.81 bits per heavy atom. The van der Waals surface area contributed by atoms with E-state index < -0.39 is 5.60 Å². The standard InChI is InChI=1S/C19H28N6O2/c1-13-10-15(12-16-11-14(2)22-23-16)21-17(20-13)24-6-8-25(9-7-24)18(26)27-19(3,4)5/h10-11H,6-9,12H2,1-5H3,(H,22,23). The Bertz CT molecular complexity index is 803. The number of ether oxygens (including phenoxy) is 1. The van der Waals surface area contributed by atoms with E-state index >= 15 is 0 Å². The summed E-state index contributed by atoms with van der Waals surface area (Å²) in [6.07, 6.45) is 0.403. The number of amides is 1. The zero-order chi connectivity index (χ0) is 19.6. The number of nitrogens with one attached hydrogen (secondary N) is 1. The molecule has 1 amide bonds. The Morgan fingerprint density at radius 1 is 1.11 bits per heavy atom. The summed E-state index contributed by atoms with van der Waals surface area (Å²) >= 11 is 0. The largest absolute Gasteiger partial charge is 0.444 e. The summed E-state index contributed by atoms with van der Waals surface area (Å²) < 4.78 is 5.45. The molecule has 1 aliphatic heterocycles. The molecule has 0 unspecified atom stereocenters. The Hall–Kier alpha value is -2.64. The predicted octanol–water partition coefficient (Wildman–Crippen LogP) is 2.46. The van der Waals surface area contributed by atoms with Gasteiger partial charge in [0.15, 0.2) is 0 Å². The number of aryl methyl sites for hydroxylation is 2. The lowest BCUT2D eigenvalue weighted by Crippen LogP contribution is -2.50. The van der Waals surface area contributed by atoms with E-state index in [2.05, 4.69) is 20.1 Å². The van der Waals surface area contributed by atoms with Crippen molar-refractivity contribution < 1.29 is 9.53 Å². The first-order valence-corrected chi connectivity index (χ1v) is 9.28. The van der Waals surface area contributed by atoms with E-state index in [4.69, 9.17) is 9.72 Å². The predicted molar refractivity (Wildman–Crippen MR) is 103 cm³/mol. The first-order valence-electron chi connectivity index (χ1n) is 9.28. The molecule has 0 saturated carbocycles. The molecular formula is C19H28N6O2. The third kappa shape index (κ3) is 5.18. The smallest absolute Gasteiger partial charge is 0.410 e. The minimum atomic E-state index is -0.479. The van der Waals surface area contributed by atoms with Crippen molar-refractivity contribution in [1.82, 2.24) is 25.1 Å². The number of carbonyl (C=O) groups is 1. The van der Waals surface area contributed by atoms with Gasteiger partial charge >= 0.3 is 6.09 Å². The zero-order valence-corrected chi connectivity index (χ0v) is 16.7. The minimum Gasteiger partial charge on any atom is -0.444 e. The van der Waals surface area contributed by atoms with E-state index in [-0.39, 0.29) is 6.09 Å². The van der Waals surface area contributed by atoms with Gasteiger partial charge in [-0.05, 0) is 46.8 Å². The van der Waals surface area contributed by atoms with Crippen LogP contribution >= 0.6 is 0 Å². The van der Waals surface area contributed by atoms with Gasteiger partial charge in [-0.25, -0.2) is 14.8 Å². The molecule has 1 fully saturated rings. The van der Waals surface area contributed by atoms with Gasteiger partial charge in [-0.2, -0.15) is 5.10 Å². The summed E-state index contributed by atoms with van der Waals surface area (Å²) in [5.74, 6) is 0.709. The molecule has 0 aromatic carbocycles. The van der Waals surface area contributed by atoms with Crippen molar-refractivity contribution in [2.45, 2.75) is 46.6 Å². The SMILES string of the molecule is Cc1cc(Cc2cc(C)[nH]n2)nc(N2CCN(C(=O)OC(C)(C)C)CC2)n1. The van der Waals surface area contributed by atoms with Crippen molar-refractivity contribution in [3.05, 3.63) is 34.9 Å². The number of hydrogen-bond donors (Lipinski definition) is 1. The molecule has 0 bridgehead atoms. The first kappa shape index (κ1) is 19.1. The zero-order valence-electron chi connectivity index (χ0n) is 16.7. The van der Waals surface area contributed by atoms with E-state index in [0.717, 1.165) is 22.8 Å². The van der Waals surface area contributed by atoms with Crippen LogP contribution in [0.3, 0.4) is 0 Å². The number of nitrogens with zero attached hydrogens (tertiary/aromatic N) is 5. The van der Waals surface area contributed by atoms with E-state index in [0.29, 0.717) is 38.5 Å². The van der Waals surface area contributed by atoms with E-state index in [1.807, 2.05) is 46.8 Å². The van der Waals surface area contributed by atoms with Gasteiger partial charge in [0.2, 0.25) is 5.95 Å². The molecule has 0 radical (unpaired) electrons. The van der Waals surface area contributed by atoms with Crippen molar-refractivity contribution in [1.29, 1.82) is 0 Å². The van der Waals surface area contributed by atoms with Gasteiger partial charge in [0.25, 0.3) is 0 Å². The Morgan fingerprint density at radius 3 is 2.41 bits per heavy atom. The Labute approximate surface area is 159 Å². The van der Waals surface area contributed by atoms with Crippen LogP contribution < -0.4 is 4.90 Å². The van der Waals surface area contributed by atoms with Gasteiger partial charge < -0.3 is 14.5 Å². The molecule has 0 aliphatic carbocycles. The highest BCUT2D eigenvalue weighted by molar-refractivity contribution is 5.68. The molecule has 27 heavy (non-hydrogen) atoms. The van der Waals surface area contributed by atoms with Crippen LogP contribution in [0, 0.1) is 13.8 Å². The molecule has 3 heterocycles. The summed E-state index contributed by atoms with van der Waals surface area (Å²) in [6.45, 7) is 12.2. The van der Waals surface area contributed by atoms with Crippen LogP contribution in [0.1, 0.15) is 43.5 Å². The van der Waals surface area contributed by atoms with Crippen LogP contribution in [-0.2, 0) is 11.2 Å². The fourth-order valence-electron chi connectivity index (χ4n) is 3.01. The topological polar surface area (TPSA) is 87.2 Å². The Balaban J connectivity index is 1.65. The van der Waals surface area contributed by atoms with Crippen LogP contribution in [-0.4, -0.2) is 62.9 Å². The molecule has 1 N–H and O–H groups in total. The molecule has 3 rings (SSSR count). The van der Waals surface area contributed by atoms with Gasteiger partial charge in [0.1, 0.15) is 5.60 Å². The molecule has 8 heteroatoms. The highest BCUT2D eigenvalue weighted by Gasteiger charge is 2.27. The number of aromatic nitrogens is 4. The monoisotopic (exact) mass is 372 g/mol. The lowest BCUT2D eigenvalue weighted by molar-refractivity contribution is 0.0240. The van der Waals surface area contributed by atoms with Crippen LogP contribution in [0.5, 0.6) is 0 Å². The Kier molecular flexibility index (Phi) is 5.34. The lowest BCUT2D eigenvalue weighted by atomic mass is 10.2. The van der Waals surface area contributed by atoms with Crippen molar-refractivity contribution in [2.75, 3.05) is 31.1 Å². The molecular weight excluding hydrogens is 344 g/mol. The first-order chi connectivity index (χ1) is 12.7. The summed E-state index contributed by atoms with van der Waals surface area (Å²) in [6, 6.07) is 4.02. The van der Waals surface area contributed by atoms with E-state index in [9.17, 15) is 4.79 Å². The van der Waals surface area contributed by atoms with Gasteiger partial charge in [0, 0.05) is 44.0 Å². The van der Waals surface area contributed by atoms with Gasteiger partial charge in [-0.3, -0.25) is 5.10 Å². The second-order valence-corrected chi connectivity index (χ2v) is 7.97. The molecule has 2 aromatic heterocycles. The molecule has 0 atom stereocenters. The van der Waals surface area contributed by atoms with Gasteiger partial charge in [-0.15, -0.1) is 0 Å². The van der Waals surface area contributed by atoms with Crippen LogP contribution in [0.2, 0.25) is 0 Å². The minimum absolute atomic E-state index is 0.262. The number of anilines is 1. The van der Waals surface area contributed by atoms with Crippen LogP contribution in [0.25, 0.3) is 0 Å². The normalized spacial score (nSPS) is 15.1. The molecule has 2 aromatic rings. The number of piperazine rings is 1. The van der Waals surface area contributed by atoms with Crippen LogP contribution in [0.15, 0.2) is 12.1 Å². The maximum Gasteiger partial charge on any atom is 0.410 e. The average molecular weight is 372 g/mol. The van der Waals surface area contributed by atoms with E-state index in [1.54, 1.807) is 4.90 Å². The fraction of sp³-hybridized carbons (Fsp3) is 0.579. The summed E-state index contributed by atoms with van der Waals surface area (Å²) in [5, 5.41) is 7.24. The summed E-state index contributed by atoms with van der Waals surface area (Å²) in [4.78, 5) is 25.4. The highest BCUT2D eigenvalue weighted by Crippen LogP contribution is 2.17. The van der Waals surface area contributed by atoms with Crippen molar-refractivity contribution in [2.24, 2.45) is 0 Å². The van der Waals surface area contributed by atoms with Gasteiger partial charge in [0.05, 0.1) is 11.4 Å². The number of H-pyrrole nitrogens is 1. The second-order valence-electron chi connectivity index (χ2n) is 7.97. The van der Waals surface area contributed by atoms with Gasteiger partial charge in [-0.1, -0.05) is 0 Å². The second kappa shape index (κ2) is 7.54. The maximum absolute atomic E-state index is 12.2. The number of aromatic amines is 1. The third-order valence-corrected chi connectivity index (χ3v) is 4.23. The van der Waals surface area contributed by atoms with E-state index in [1.165, 1.54) is 0 Å². The van der Waals surface area contributed by atoms with Crippen molar-refractivity contribution >= 4 is 12.0 Å². The van der Waals surface area contributed by atoms with Crippen molar-refractivity contribution in [3.63, 3.8) is 0 Å². The average Bonchev–Trinajstić information content (AvgIpc) is 2.98. The molecule has 1 aliphatic rings. The summed E-state index contributed by atoms with van der Waals surface area (Å²) in [7, 11) is 0.